The van der Waals surface area contributed by atoms with Crippen LogP contribution < -0.4 is 9.80 Å². The van der Waals surface area contributed by atoms with Crippen molar-refractivity contribution in [2.45, 2.75) is 39.5 Å². The van der Waals surface area contributed by atoms with E-state index in [1.165, 1.54) is 87.2 Å². The summed E-state index contributed by atoms with van der Waals surface area (Å²) in [5.74, 6) is 0.896. The lowest BCUT2D eigenvalue weighted by Crippen LogP contribution is -2.10. The molecular formula is C68H54N2. The van der Waals surface area contributed by atoms with Gasteiger partial charge in [0.2, 0.25) is 0 Å². The molecule has 2 nitrogen and oxygen atoms in total. The van der Waals surface area contributed by atoms with Gasteiger partial charge in [0.15, 0.2) is 0 Å². The van der Waals surface area contributed by atoms with Gasteiger partial charge < -0.3 is 9.80 Å². The van der Waals surface area contributed by atoms with Crippen LogP contribution in [-0.2, 0) is 0 Å². The summed E-state index contributed by atoms with van der Waals surface area (Å²) in [6, 6.07) is 89.8. The van der Waals surface area contributed by atoms with Gasteiger partial charge in [0.25, 0.3) is 0 Å². The lowest BCUT2D eigenvalue weighted by atomic mass is 9.87. The number of hydrogen-bond acceptors (Lipinski definition) is 2. The van der Waals surface area contributed by atoms with E-state index < -0.39 is 0 Å². The third-order valence-corrected chi connectivity index (χ3v) is 14.4. The summed E-state index contributed by atoms with van der Waals surface area (Å²) in [4.78, 5) is 4.82. The second kappa shape index (κ2) is 17.9. The number of rotatable bonds is 10. The van der Waals surface area contributed by atoms with Gasteiger partial charge in [0.05, 0.1) is 0 Å². The molecule has 0 aliphatic rings. The van der Waals surface area contributed by atoms with Crippen LogP contribution in [0.1, 0.15) is 50.7 Å². The van der Waals surface area contributed by atoms with Crippen LogP contribution in [0.15, 0.2) is 243 Å². The summed E-state index contributed by atoms with van der Waals surface area (Å²) in [6.45, 7) is 9.03. The van der Waals surface area contributed by atoms with Crippen LogP contribution >= 0.6 is 0 Å². The first-order valence-corrected chi connectivity index (χ1v) is 24.7. The summed E-state index contributed by atoms with van der Waals surface area (Å²) in [7, 11) is 0. The number of anilines is 6. The van der Waals surface area contributed by atoms with Crippen LogP contribution in [0, 0.1) is 0 Å². The monoisotopic (exact) mass is 898 g/mol. The molecule has 0 saturated heterocycles. The Hall–Kier alpha value is -8.46. The van der Waals surface area contributed by atoms with Crippen molar-refractivity contribution >= 4 is 88.0 Å². The predicted molar refractivity (Wildman–Crippen MR) is 302 cm³/mol. The Kier molecular flexibility index (Phi) is 11.0. The van der Waals surface area contributed by atoms with Crippen molar-refractivity contribution in [1.82, 2.24) is 0 Å². The minimum Gasteiger partial charge on any atom is -0.310 e. The Bertz CT molecular complexity index is 3580. The van der Waals surface area contributed by atoms with Crippen LogP contribution in [0.4, 0.5) is 34.1 Å². The molecule has 0 aromatic heterocycles. The zero-order valence-corrected chi connectivity index (χ0v) is 40.1. The van der Waals surface area contributed by atoms with Crippen LogP contribution in [0.25, 0.3) is 76.1 Å². The average Bonchev–Trinajstić information content (AvgIpc) is 3.42. The van der Waals surface area contributed by atoms with E-state index >= 15 is 0 Å². The van der Waals surface area contributed by atoms with Gasteiger partial charge in [-0.25, -0.2) is 0 Å². The SMILES string of the molecule is CC(C)c1ccc(N(c2ccc(-c3ccccc3)cc2)c2ccc3c(c2)c2ccccc2c2c4ccc(N(c5ccc(-c6ccccc6)cc5)c5ccc(C(C)C)cc5)cc4c4ccccc4c32)cc1. The van der Waals surface area contributed by atoms with Crippen molar-refractivity contribution in [2.75, 3.05) is 9.80 Å². The molecule has 0 bridgehead atoms. The number of benzene rings is 12. The molecule has 0 aliphatic carbocycles. The van der Waals surface area contributed by atoms with Crippen molar-refractivity contribution in [3.05, 3.63) is 254 Å². The molecule has 0 unspecified atom stereocenters. The van der Waals surface area contributed by atoms with Crippen molar-refractivity contribution < 1.29 is 0 Å². The molecule has 0 saturated carbocycles. The standard InChI is InChI=1S/C68H54N2/c1-45(2)47-23-31-53(32-24-47)69(55-35-27-51(28-36-55)49-15-7-5-8-16-49)57-39-41-63-65(43-57)59-19-11-13-21-61(59)68-64-42-40-58(44-66(64)60-20-12-14-22-62(60)67(63)68)70(54-33-25-48(26-34-54)46(3)4)56-37-29-52(30-38-56)50-17-9-6-10-18-50/h5-46H,1-4H3. The van der Waals surface area contributed by atoms with E-state index in [4.69, 9.17) is 0 Å². The Morgan fingerprint density at radius 2 is 0.500 bits per heavy atom. The van der Waals surface area contributed by atoms with Crippen molar-refractivity contribution in [3.8, 4) is 22.3 Å². The smallest absolute Gasteiger partial charge is 0.0468 e. The molecule has 0 radical (unpaired) electrons. The third kappa shape index (κ3) is 7.63. The van der Waals surface area contributed by atoms with Gasteiger partial charge in [-0.3, -0.25) is 0 Å². The maximum absolute atomic E-state index is 2.42. The van der Waals surface area contributed by atoms with E-state index in [1.54, 1.807) is 0 Å². The summed E-state index contributed by atoms with van der Waals surface area (Å²) in [5.41, 5.74) is 14.2. The maximum Gasteiger partial charge on any atom is 0.0468 e. The molecule has 2 heteroatoms. The molecule has 0 amide bonds. The van der Waals surface area contributed by atoms with Crippen molar-refractivity contribution in [1.29, 1.82) is 0 Å². The van der Waals surface area contributed by atoms with Gasteiger partial charge in [0, 0.05) is 34.1 Å². The molecular weight excluding hydrogens is 845 g/mol. The molecule has 0 atom stereocenters. The molecule has 12 aromatic rings. The first kappa shape index (κ1) is 42.9. The van der Waals surface area contributed by atoms with Gasteiger partial charge >= 0.3 is 0 Å². The van der Waals surface area contributed by atoms with E-state index in [0.717, 1.165) is 34.1 Å². The van der Waals surface area contributed by atoms with Crippen molar-refractivity contribution in [3.63, 3.8) is 0 Å². The minimum atomic E-state index is 0.448. The lowest BCUT2D eigenvalue weighted by molar-refractivity contribution is 0.866. The van der Waals surface area contributed by atoms with Crippen LogP contribution in [0.3, 0.4) is 0 Å². The fraction of sp³-hybridized carbons (Fsp3) is 0.0882. The van der Waals surface area contributed by atoms with E-state index in [2.05, 4.69) is 280 Å². The molecule has 12 aromatic carbocycles. The molecule has 0 spiro atoms. The Balaban J connectivity index is 1.05. The van der Waals surface area contributed by atoms with E-state index in [9.17, 15) is 0 Å². The van der Waals surface area contributed by atoms with Gasteiger partial charge in [0.1, 0.15) is 0 Å². The Labute approximate surface area is 411 Å². The van der Waals surface area contributed by atoms with Crippen LogP contribution in [-0.4, -0.2) is 0 Å². The van der Waals surface area contributed by atoms with Crippen LogP contribution in [0.5, 0.6) is 0 Å². The number of hydrogen-bond donors (Lipinski definition) is 0. The van der Waals surface area contributed by atoms with Crippen LogP contribution in [0.2, 0.25) is 0 Å². The molecule has 70 heavy (non-hydrogen) atoms. The quantitative estimate of drug-likeness (QED) is 0.126. The second-order valence-corrected chi connectivity index (χ2v) is 19.3. The first-order valence-electron chi connectivity index (χ1n) is 24.7. The zero-order chi connectivity index (χ0) is 47.3. The Morgan fingerprint density at radius 3 is 0.843 bits per heavy atom. The largest absolute Gasteiger partial charge is 0.310 e. The van der Waals surface area contributed by atoms with Gasteiger partial charge in [-0.15, -0.1) is 0 Å². The summed E-state index contributed by atoms with van der Waals surface area (Å²) in [5, 5.41) is 12.5. The number of nitrogens with zero attached hydrogens (tertiary/aromatic N) is 2. The average molecular weight is 899 g/mol. The first-order chi connectivity index (χ1) is 34.4. The van der Waals surface area contributed by atoms with Gasteiger partial charge in [-0.2, -0.15) is 0 Å². The van der Waals surface area contributed by atoms with E-state index in [1.807, 2.05) is 0 Å². The topological polar surface area (TPSA) is 6.48 Å². The molecule has 0 fully saturated rings. The highest BCUT2D eigenvalue weighted by molar-refractivity contribution is 6.39. The molecule has 0 N–H and O–H groups in total. The highest BCUT2D eigenvalue weighted by atomic mass is 15.1. The van der Waals surface area contributed by atoms with E-state index in [-0.39, 0.29) is 0 Å². The summed E-state index contributed by atoms with van der Waals surface area (Å²) >= 11 is 0. The predicted octanol–water partition coefficient (Wildman–Crippen LogP) is 20.0. The fourth-order valence-corrected chi connectivity index (χ4v) is 10.7. The second-order valence-electron chi connectivity index (χ2n) is 19.3. The third-order valence-electron chi connectivity index (χ3n) is 14.4. The Morgan fingerprint density at radius 1 is 0.229 bits per heavy atom. The highest BCUT2D eigenvalue weighted by Gasteiger charge is 2.21. The fourth-order valence-electron chi connectivity index (χ4n) is 10.7. The molecule has 0 heterocycles. The molecule has 336 valence electrons. The maximum atomic E-state index is 2.42. The zero-order valence-electron chi connectivity index (χ0n) is 40.1. The minimum absolute atomic E-state index is 0.448. The van der Waals surface area contributed by atoms with Crippen molar-refractivity contribution in [2.24, 2.45) is 0 Å². The highest BCUT2D eigenvalue weighted by Crippen LogP contribution is 2.48. The van der Waals surface area contributed by atoms with Gasteiger partial charge in [-0.05, 0) is 172 Å². The lowest BCUT2D eigenvalue weighted by Gasteiger charge is -2.27. The molecule has 12 rings (SSSR count). The summed E-state index contributed by atoms with van der Waals surface area (Å²) in [6.07, 6.45) is 0. The van der Waals surface area contributed by atoms with E-state index in [0.29, 0.717) is 11.8 Å². The van der Waals surface area contributed by atoms with Gasteiger partial charge in [-0.1, -0.05) is 198 Å². The molecule has 0 aliphatic heterocycles. The normalized spacial score (nSPS) is 11.7. The number of fused-ring (bicyclic) bond motifs is 11. The summed E-state index contributed by atoms with van der Waals surface area (Å²) < 4.78 is 0.